The minimum Gasteiger partial charge on any atom is -0.490 e. The Morgan fingerprint density at radius 3 is 2.70 bits per heavy atom. The van der Waals surface area contributed by atoms with E-state index in [1.165, 1.54) is 18.2 Å². The van der Waals surface area contributed by atoms with Gasteiger partial charge in [-0.1, -0.05) is 12.1 Å². The molecule has 1 saturated heterocycles. The normalized spacial score (nSPS) is 20.3. The molecule has 2 aromatic rings. The Labute approximate surface area is 174 Å². The van der Waals surface area contributed by atoms with Gasteiger partial charge in [-0.05, 0) is 30.3 Å². The minimum atomic E-state index is -0.740. The summed E-state index contributed by atoms with van der Waals surface area (Å²) in [5, 5.41) is 4.65. The molecule has 3 amide bonds. The van der Waals surface area contributed by atoms with Gasteiger partial charge in [-0.25, -0.2) is 9.18 Å². The third kappa shape index (κ3) is 4.71. The molecule has 7 nitrogen and oxygen atoms in total. The van der Waals surface area contributed by atoms with Crippen molar-refractivity contribution in [3.63, 3.8) is 0 Å². The van der Waals surface area contributed by atoms with Crippen molar-refractivity contribution < 1.29 is 28.4 Å². The predicted octanol–water partition coefficient (Wildman–Crippen LogP) is 2.06. The molecule has 2 heterocycles. The molecule has 0 aliphatic carbocycles. The molecule has 0 radical (unpaired) electrons. The quantitative estimate of drug-likeness (QED) is 0.716. The molecule has 0 saturated carbocycles. The monoisotopic (exact) mass is 414 g/mol. The zero-order valence-electron chi connectivity index (χ0n) is 16.6. The summed E-state index contributed by atoms with van der Waals surface area (Å²) in [6.07, 6.45) is 2.78. The molecule has 30 heavy (non-hydrogen) atoms. The Bertz CT molecular complexity index is 936. The van der Waals surface area contributed by atoms with Gasteiger partial charge in [0.05, 0.1) is 25.4 Å². The zero-order valence-corrected chi connectivity index (χ0v) is 16.6. The molecule has 3 N–H and O–H groups in total. The van der Waals surface area contributed by atoms with Gasteiger partial charge in [-0.2, -0.15) is 0 Å². The first kappa shape index (κ1) is 20.2. The fourth-order valence-corrected chi connectivity index (χ4v) is 4.02. The van der Waals surface area contributed by atoms with E-state index in [9.17, 15) is 14.0 Å². The second kappa shape index (κ2) is 9.13. The molecule has 1 fully saturated rings. The van der Waals surface area contributed by atoms with E-state index in [-0.39, 0.29) is 18.3 Å². The number of hydrogen-bond acceptors (Lipinski definition) is 4. The highest BCUT2D eigenvalue weighted by Gasteiger charge is 2.32. The van der Waals surface area contributed by atoms with Gasteiger partial charge in [0.1, 0.15) is 11.9 Å². The van der Waals surface area contributed by atoms with E-state index in [0.717, 1.165) is 47.8 Å². The van der Waals surface area contributed by atoms with Crippen LogP contribution in [0.3, 0.4) is 0 Å². The highest BCUT2D eigenvalue weighted by molar-refractivity contribution is 6.01. The van der Waals surface area contributed by atoms with Crippen molar-refractivity contribution in [3.8, 4) is 11.5 Å². The van der Waals surface area contributed by atoms with Gasteiger partial charge in [0.15, 0.2) is 18.0 Å². The number of carbonyl (C=O) groups is 2. The lowest BCUT2D eigenvalue weighted by molar-refractivity contribution is -0.910. The first-order valence-corrected chi connectivity index (χ1v) is 10.2. The van der Waals surface area contributed by atoms with E-state index in [4.69, 9.17) is 9.47 Å². The summed E-state index contributed by atoms with van der Waals surface area (Å²) in [6.45, 7) is 2.25. The Hall–Kier alpha value is -3.13. The number of urea groups is 1. The van der Waals surface area contributed by atoms with Crippen molar-refractivity contribution in [3.05, 3.63) is 53.8 Å². The fraction of sp³-hybridized carbons (Fsp3) is 0.364. The molecule has 0 spiro atoms. The van der Waals surface area contributed by atoms with Crippen LogP contribution in [0.15, 0.2) is 42.5 Å². The number of ether oxygens (including phenoxy) is 2. The lowest BCUT2D eigenvalue weighted by atomic mass is 10.0. The number of nitrogens with one attached hydrogen (secondary N) is 3. The lowest BCUT2D eigenvalue weighted by Gasteiger charge is -2.22. The summed E-state index contributed by atoms with van der Waals surface area (Å²) in [5.74, 6) is 0.531. The summed E-state index contributed by atoms with van der Waals surface area (Å²) < 4.78 is 25.1. The van der Waals surface area contributed by atoms with Crippen LogP contribution in [-0.2, 0) is 4.79 Å². The van der Waals surface area contributed by atoms with Crippen LogP contribution in [0.1, 0.15) is 30.9 Å². The van der Waals surface area contributed by atoms with Crippen LogP contribution in [0, 0.1) is 5.82 Å². The summed E-state index contributed by atoms with van der Waals surface area (Å²) in [5.41, 5.74) is 1.12. The second-order valence-corrected chi connectivity index (χ2v) is 7.52. The molecule has 2 aliphatic rings. The zero-order chi connectivity index (χ0) is 20.9. The molecular formula is C22H25FN3O4+. The number of rotatable bonds is 4. The number of halogens is 1. The van der Waals surface area contributed by atoms with Crippen LogP contribution < -0.4 is 25.0 Å². The summed E-state index contributed by atoms with van der Waals surface area (Å²) in [6, 6.07) is 11.2. The van der Waals surface area contributed by atoms with Crippen LogP contribution in [0.25, 0.3) is 0 Å². The van der Waals surface area contributed by atoms with Crippen molar-refractivity contribution in [2.24, 2.45) is 0 Å². The van der Waals surface area contributed by atoms with E-state index in [1.54, 1.807) is 6.07 Å². The first-order chi connectivity index (χ1) is 14.6. The number of fused-ring (bicyclic) bond motifs is 1. The highest BCUT2D eigenvalue weighted by atomic mass is 19.1. The van der Waals surface area contributed by atoms with Crippen LogP contribution in [0.4, 0.5) is 14.9 Å². The number of imide groups is 1. The maximum atomic E-state index is 13.6. The SMILES string of the molecule is O=C(C[NH+]1CCC[C@@H]1c1ccc2c(c1)OCCCO2)NC(=O)Nc1ccccc1F. The number of hydrogen-bond donors (Lipinski definition) is 3. The topological polar surface area (TPSA) is 81.1 Å². The average molecular weight is 414 g/mol. The molecule has 158 valence electrons. The second-order valence-electron chi connectivity index (χ2n) is 7.52. The van der Waals surface area contributed by atoms with Crippen molar-refractivity contribution >= 4 is 17.6 Å². The van der Waals surface area contributed by atoms with Crippen LogP contribution in [0.2, 0.25) is 0 Å². The number of benzene rings is 2. The third-order valence-electron chi connectivity index (χ3n) is 5.42. The standard InChI is InChI=1S/C22H24FN3O4/c23-16-5-1-2-6-17(16)24-22(28)25-21(27)14-26-10-3-7-18(26)15-8-9-19-20(13-15)30-12-4-11-29-19/h1-2,5-6,8-9,13,18H,3-4,7,10-12,14H2,(H2,24,25,27,28)/p+1/t18-/m1/s1. The summed E-state index contributed by atoms with van der Waals surface area (Å²) in [7, 11) is 0. The van der Waals surface area contributed by atoms with Gasteiger partial charge in [-0.15, -0.1) is 0 Å². The molecule has 2 aliphatic heterocycles. The molecule has 4 rings (SSSR count). The van der Waals surface area contributed by atoms with E-state index in [0.29, 0.717) is 13.2 Å². The Balaban J connectivity index is 1.37. The Kier molecular flexibility index (Phi) is 6.13. The van der Waals surface area contributed by atoms with Gasteiger partial charge in [0.2, 0.25) is 0 Å². The van der Waals surface area contributed by atoms with Crippen LogP contribution in [-0.4, -0.2) is 38.2 Å². The van der Waals surface area contributed by atoms with Gasteiger partial charge < -0.3 is 19.7 Å². The summed E-state index contributed by atoms with van der Waals surface area (Å²) in [4.78, 5) is 25.5. The number of amides is 3. The van der Waals surface area contributed by atoms with Crippen LogP contribution >= 0.6 is 0 Å². The lowest BCUT2D eigenvalue weighted by Crippen LogP contribution is -3.11. The molecule has 2 aromatic carbocycles. The molecule has 0 bridgehead atoms. The third-order valence-corrected chi connectivity index (χ3v) is 5.42. The van der Waals surface area contributed by atoms with Gasteiger partial charge in [0, 0.05) is 24.8 Å². The number of para-hydroxylation sites is 1. The largest absolute Gasteiger partial charge is 0.490 e. The molecular weight excluding hydrogens is 389 g/mol. The molecule has 1 unspecified atom stereocenters. The Morgan fingerprint density at radius 2 is 1.87 bits per heavy atom. The highest BCUT2D eigenvalue weighted by Crippen LogP contribution is 2.33. The average Bonchev–Trinajstić information content (AvgIpc) is 3.04. The van der Waals surface area contributed by atoms with E-state index < -0.39 is 17.8 Å². The smallest absolute Gasteiger partial charge is 0.326 e. The summed E-state index contributed by atoms with van der Waals surface area (Å²) >= 11 is 0. The van der Waals surface area contributed by atoms with Gasteiger partial charge in [-0.3, -0.25) is 10.1 Å². The first-order valence-electron chi connectivity index (χ1n) is 10.2. The van der Waals surface area contributed by atoms with Crippen molar-refractivity contribution in [1.82, 2.24) is 5.32 Å². The maximum absolute atomic E-state index is 13.6. The van der Waals surface area contributed by atoms with Crippen molar-refractivity contribution in [2.75, 3.05) is 31.6 Å². The molecule has 0 aromatic heterocycles. The van der Waals surface area contributed by atoms with Gasteiger partial charge in [0.25, 0.3) is 5.91 Å². The van der Waals surface area contributed by atoms with E-state index in [1.807, 2.05) is 18.2 Å². The number of likely N-dealkylation sites (tertiary alicyclic amines) is 1. The fourth-order valence-electron chi connectivity index (χ4n) is 4.02. The number of anilines is 1. The number of quaternary nitrogens is 1. The van der Waals surface area contributed by atoms with E-state index in [2.05, 4.69) is 10.6 Å². The Morgan fingerprint density at radius 1 is 1.07 bits per heavy atom. The molecule has 8 heteroatoms. The number of carbonyl (C=O) groups excluding carboxylic acids is 2. The van der Waals surface area contributed by atoms with Crippen molar-refractivity contribution in [1.29, 1.82) is 0 Å². The van der Waals surface area contributed by atoms with E-state index >= 15 is 0 Å². The maximum Gasteiger partial charge on any atom is 0.326 e. The predicted molar refractivity (Wildman–Crippen MR) is 108 cm³/mol. The molecule has 2 atom stereocenters. The minimum absolute atomic E-state index is 0.0291. The van der Waals surface area contributed by atoms with Gasteiger partial charge >= 0.3 is 6.03 Å². The van der Waals surface area contributed by atoms with Crippen molar-refractivity contribution in [2.45, 2.75) is 25.3 Å². The van der Waals surface area contributed by atoms with Crippen LogP contribution in [0.5, 0.6) is 11.5 Å².